The van der Waals surface area contributed by atoms with Gasteiger partial charge < -0.3 is 15.2 Å². The van der Waals surface area contributed by atoms with Gasteiger partial charge in [0.25, 0.3) is 0 Å². The lowest BCUT2D eigenvalue weighted by Crippen LogP contribution is -2.05. The second-order valence-corrected chi connectivity index (χ2v) is 4.49. The first-order valence-corrected chi connectivity index (χ1v) is 6.27. The predicted octanol–water partition coefficient (Wildman–Crippen LogP) is 1.96. The summed E-state index contributed by atoms with van der Waals surface area (Å²) in [7, 11) is 1.39. The van der Waals surface area contributed by atoms with Gasteiger partial charge in [-0.05, 0) is 24.6 Å². The number of hydrogen-bond donors (Lipinski definition) is 1. The Bertz CT molecular complexity index is 602. The first-order valence-electron chi connectivity index (χ1n) is 6.27. The fraction of sp³-hybridized carbons (Fsp3) is 0.385. The summed E-state index contributed by atoms with van der Waals surface area (Å²) in [6.45, 7) is -0.660. The highest BCUT2D eigenvalue weighted by atomic mass is 19.3. The minimum absolute atomic E-state index is 0.00823. The molecule has 21 heavy (non-hydrogen) atoms. The van der Waals surface area contributed by atoms with Crippen molar-refractivity contribution in [1.82, 2.24) is 15.0 Å². The third-order valence-corrected chi connectivity index (χ3v) is 2.81. The highest BCUT2D eigenvalue weighted by Crippen LogP contribution is 2.29. The first kappa shape index (κ1) is 15.2. The van der Waals surface area contributed by atoms with Gasteiger partial charge in [0.1, 0.15) is 0 Å². The topological polar surface area (TPSA) is 75.2 Å². The van der Waals surface area contributed by atoms with Gasteiger partial charge >= 0.3 is 6.61 Å². The molecule has 2 N–H and O–H groups in total. The number of hydrogen-bond acceptors (Lipinski definition) is 5. The molecule has 0 saturated heterocycles. The summed E-state index contributed by atoms with van der Waals surface area (Å²) >= 11 is 0. The normalized spacial score (nSPS) is 12.5. The van der Waals surface area contributed by atoms with E-state index in [1.165, 1.54) is 13.2 Å². The van der Waals surface area contributed by atoms with Crippen LogP contribution in [0.5, 0.6) is 11.5 Å². The van der Waals surface area contributed by atoms with E-state index in [0.717, 1.165) is 5.56 Å². The van der Waals surface area contributed by atoms with E-state index in [9.17, 15) is 8.78 Å². The molecule has 1 heterocycles. The Kier molecular flexibility index (Phi) is 4.69. The Morgan fingerprint density at radius 1 is 1.33 bits per heavy atom. The maximum Gasteiger partial charge on any atom is 0.387 e. The summed E-state index contributed by atoms with van der Waals surface area (Å²) in [5.74, 6) is 0.228. The van der Waals surface area contributed by atoms with Crippen LogP contribution in [0.3, 0.4) is 0 Å². The van der Waals surface area contributed by atoms with Crippen LogP contribution in [0, 0.1) is 0 Å². The van der Waals surface area contributed by atoms with Gasteiger partial charge in [-0.25, -0.2) is 4.68 Å². The van der Waals surface area contributed by atoms with Crippen molar-refractivity contribution in [1.29, 1.82) is 0 Å². The average molecular weight is 298 g/mol. The van der Waals surface area contributed by atoms with E-state index in [2.05, 4.69) is 15.0 Å². The van der Waals surface area contributed by atoms with E-state index < -0.39 is 6.61 Å². The Hall–Kier alpha value is -2.22. The van der Waals surface area contributed by atoms with Crippen molar-refractivity contribution >= 4 is 0 Å². The summed E-state index contributed by atoms with van der Waals surface area (Å²) in [4.78, 5) is 0. The molecule has 0 fully saturated rings. The van der Waals surface area contributed by atoms with Crippen molar-refractivity contribution in [3.05, 3.63) is 35.7 Å². The average Bonchev–Trinajstić information content (AvgIpc) is 2.88. The monoisotopic (exact) mass is 298 g/mol. The SMILES string of the molecule is COc1cc(Cn2cc(C(C)N)nn2)ccc1OC(F)F. The maximum atomic E-state index is 12.3. The number of aromatic nitrogens is 3. The summed E-state index contributed by atoms with van der Waals surface area (Å²) < 4.78 is 35.5. The zero-order chi connectivity index (χ0) is 15.4. The lowest BCUT2D eigenvalue weighted by Gasteiger charge is -2.11. The minimum Gasteiger partial charge on any atom is -0.493 e. The van der Waals surface area contributed by atoms with Crippen LogP contribution < -0.4 is 15.2 Å². The van der Waals surface area contributed by atoms with Crippen molar-refractivity contribution in [3.8, 4) is 11.5 Å². The molecular formula is C13H16F2N4O2. The number of nitrogens with two attached hydrogens (primary N) is 1. The van der Waals surface area contributed by atoms with Gasteiger partial charge in [0, 0.05) is 6.04 Å². The number of ether oxygens (including phenoxy) is 2. The van der Waals surface area contributed by atoms with Gasteiger partial charge in [0.05, 0.1) is 25.5 Å². The van der Waals surface area contributed by atoms with Gasteiger partial charge in [0.2, 0.25) is 0 Å². The Labute approximate surface area is 120 Å². The highest BCUT2D eigenvalue weighted by Gasteiger charge is 2.12. The fourth-order valence-electron chi connectivity index (χ4n) is 1.79. The molecule has 0 radical (unpaired) electrons. The highest BCUT2D eigenvalue weighted by molar-refractivity contribution is 5.43. The quantitative estimate of drug-likeness (QED) is 0.882. The van der Waals surface area contributed by atoms with Crippen molar-refractivity contribution in [2.45, 2.75) is 26.1 Å². The molecule has 114 valence electrons. The zero-order valence-corrected chi connectivity index (χ0v) is 11.7. The fourth-order valence-corrected chi connectivity index (χ4v) is 1.79. The second-order valence-electron chi connectivity index (χ2n) is 4.49. The Morgan fingerprint density at radius 2 is 2.10 bits per heavy atom. The van der Waals surface area contributed by atoms with Crippen LogP contribution in [0.4, 0.5) is 8.78 Å². The lowest BCUT2D eigenvalue weighted by atomic mass is 10.2. The summed E-state index contributed by atoms with van der Waals surface area (Å²) in [5, 5.41) is 7.90. The molecule has 2 aromatic rings. The molecule has 0 saturated carbocycles. The molecule has 1 aromatic heterocycles. The molecule has 1 atom stereocenters. The molecule has 0 amide bonds. The lowest BCUT2D eigenvalue weighted by molar-refractivity contribution is -0.0512. The number of benzene rings is 1. The molecule has 0 spiro atoms. The van der Waals surface area contributed by atoms with Gasteiger partial charge in [-0.2, -0.15) is 8.78 Å². The molecule has 0 aliphatic carbocycles. The molecule has 6 nitrogen and oxygen atoms in total. The van der Waals surface area contributed by atoms with Crippen molar-refractivity contribution < 1.29 is 18.3 Å². The molecule has 1 unspecified atom stereocenters. The zero-order valence-electron chi connectivity index (χ0n) is 11.7. The number of methoxy groups -OCH3 is 1. The summed E-state index contributed by atoms with van der Waals surface area (Å²) in [6, 6.07) is 4.51. The molecule has 2 rings (SSSR count). The van der Waals surface area contributed by atoms with Crippen LogP contribution in [0.25, 0.3) is 0 Å². The predicted molar refractivity (Wildman–Crippen MR) is 71.4 cm³/mol. The molecule has 0 aliphatic heterocycles. The van der Waals surface area contributed by atoms with E-state index in [1.807, 2.05) is 6.92 Å². The Morgan fingerprint density at radius 3 is 2.67 bits per heavy atom. The van der Waals surface area contributed by atoms with Crippen LogP contribution in [0.2, 0.25) is 0 Å². The minimum atomic E-state index is -2.89. The van der Waals surface area contributed by atoms with Crippen LogP contribution in [-0.2, 0) is 6.54 Å². The van der Waals surface area contributed by atoms with Crippen molar-refractivity contribution in [2.75, 3.05) is 7.11 Å². The second kappa shape index (κ2) is 6.49. The van der Waals surface area contributed by atoms with E-state index in [1.54, 1.807) is 23.0 Å². The van der Waals surface area contributed by atoms with E-state index in [4.69, 9.17) is 10.5 Å². The standard InChI is InChI=1S/C13H16F2N4O2/c1-8(16)10-7-19(18-17-10)6-9-3-4-11(21-13(14)15)12(5-9)20-2/h3-5,7-8,13H,6,16H2,1-2H3. The van der Waals surface area contributed by atoms with Crippen LogP contribution in [-0.4, -0.2) is 28.7 Å². The molecule has 8 heteroatoms. The summed E-state index contributed by atoms with van der Waals surface area (Å²) in [5.41, 5.74) is 7.20. The third-order valence-electron chi connectivity index (χ3n) is 2.81. The van der Waals surface area contributed by atoms with Crippen LogP contribution in [0.15, 0.2) is 24.4 Å². The van der Waals surface area contributed by atoms with E-state index in [-0.39, 0.29) is 17.5 Å². The van der Waals surface area contributed by atoms with Gasteiger partial charge in [-0.1, -0.05) is 11.3 Å². The number of alkyl halides is 2. The largest absolute Gasteiger partial charge is 0.493 e. The number of nitrogens with zero attached hydrogens (tertiary/aromatic N) is 3. The molecular weight excluding hydrogens is 282 g/mol. The Balaban J connectivity index is 2.16. The first-order chi connectivity index (χ1) is 9.99. The van der Waals surface area contributed by atoms with Crippen molar-refractivity contribution in [3.63, 3.8) is 0 Å². The van der Waals surface area contributed by atoms with E-state index >= 15 is 0 Å². The van der Waals surface area contributed by atoms with Gasteiger partial charge in [-0.3, -0.25) is 0 Å². The molecule has 1 aromatic carbocycles. The number of rotatable bonds is 6. The number of halogens is 2. The maximum absolute atomic E-state index is 12.3. The van der Waals surface area contributed by atoms with Crippen molar-refractivity contribution in [2.24, 2.45) is 5.73 Å². The van der Waals surface area contributed by atoms with Crippen LogP contribution >= 0.6 is 0 Å². The van der Waals surface area contributed by atoms with E-state index in [0.29, 0.717) is 12.2 Å². The smallest absolute Gasteiger partial charge is 0.387 e. The molecule has 0 aliphatic rings. The van der Waals surface area contributed by atoms with Crippen LogP contribution in [0.1, 0.15) is 24.2 Å². The molecule has 0 bridgehead atoms. The third kappa shape index (κ3) is 3.88. The van der Waals surface area contributed by atoms with Gasteiger partial charge in [0.15, 0.2) is 11.5 Å². The summed E-state index contributed by atoms with van der Waals surface area (Å²) in [6.07, 6.45) is 1.74. The van der Waals surface area contributed by atoms with Gasteiger partial charge in [-0.15, -0.1) is 5.10 Å².